The summed E-state index contributed by atoms with van der Waals surface area (Å²) >= 11 is 0. The lowest BCUT2D eigenvalue weighted by molar-refractivity contribution is 0.302. The first-order valence-electron chi connectivity index (χ1n) is 10.7. The number of aryl methyl sites for hydroxylation is 1. The Morgan fingerprint density at radius 2 is 1.67 bits per heavy atom. The van der Waals surface area contributed by atoms with Crippen LogP contribution in [0, 0.1) is 11.7 Å². The van der Waals surface area contributed by atoms with Gasteiger partial charge in [-0.15, -0.1) is 0 Å². The van der Waals surface area contributed by atoms with Gasteiger partial charge in [-0.05, 0) is 78.8 Å². The summed E-state index contributed by atoms with van der Waals surface area (Å²) in [7, 11) is 0. The molecule has 2 aromatic carbocycles. The van der Waals surface area contributed by atoms with Crippen molar-refractivity contribution < 1.29 is 9.50 Å². The van der Waals surface area contributed by atoms with E-state index in [0.717, 1.165) is 29.0 Å². The molecule has 0 aromatic heterocycles. The molecule has 1 fully saturated rings. The fourth-order valence-corrected chi connectivity index (χ4v) is 4.61. The maximum absolute atomic E-state index is 14.9. The van der Waals surface area contributed by atoms with E-state index in [0.29, 0.717) is 11.5 Å². The topological polar surface area (TPSA) is 20.2 Å². The van der Waals surface area contributed by atoms with Crippen LogP contribution in [0.25, 0.3) is 11.1 Å². The molecule has 0 unspecified atom stereocenters. The second-order valence-corrected chi connectivity index (χ2v) is 8.15. The van der Waals surface area contributed by atoms with Crippen molar-refractivity contribution in [3.8, 4) is 16.9 Å². The lowest BCUT2D eigenvalue weighted by atomic mass is 9.77. The number of unbranched alkanes of at least 4 members (excludes halogenated alkanes) is 2. The number of hydrogen-bond acceptors (Lipinski definition) is 1. The van der Waals surface area contributed by atoms with Crippen LogP contribution >= 0.6 is 0 Å². The van der Waals surface area contributed by atoms with E-state index in [9.17, 15) is 9.50 Å². The fourth-order valence-electron chi connectivity index (χ4n) is 4.61. The fraction of sp³-hybridized carbons (Fsp3) is 0.520. The molecule has 0 radical (unpaired) electrons. The first kappa shape index (κ1) is 19.9. The first-order valence-corrected chi connectivity index (χ1v) is 10.7. The van der Waals surface area contributed by atoms with Crippen molar-refractivity contribution in [2.45, 2.75) is 77.6 Å². The molecule has 3 rings (SSSR count). The molecule has 1 nitrogen and oxygen atoms in total. The highest BCUT2D eigenvalue weighted by Crippen LogP contribution is 2.39. The van der Waals surface area contributed by atoms with Crippen molar-refractivity contribution >= 4 is 0 Å². The standard InChI is InChI=1S/C25H33FO/c1-3-5-6-7-18-8-10-20(11-9-18)21-12-14-24(25(26)17-21)23-15-13-22(27)16-19(23)4-2/h12-18,20,27H,3-11H2,1-2H3. The van der Waals surface area contributed by atoms with E-state index in [-0.39, 0.29) is 11.6 Å². The van der Waals surface area contributed by atoms with Crippen molar-refractivity contribution in [3.63, 3.8) is 0 Å². The van der Waals surface area contributed by atoms with Crippen LogP contribution in [0.2, 0.25) is 0 Å². The number of aromatic hydroxyl groups is 1. The predicted octanol–water partition coefficient (Wildman–Crippen LogP) is 7.61. The van der Waals surface area contributed by atoms with Gasteiger partial charge in [0.05, 0.1) is 0 Å². The highest BCUT2D eigenvalue weighted by Gasteiger charge is 2.23. The third-order valence-corrected chi connectivity index (χ3v) is 6.29. The summed E-state index contributed by atoms with van der Waals surface area (Å²) in [4.78, 5) is 0. The van der Waals surface area contributed by atoms with E-state index >= 15 is 0 Å². The number of halogens is 1. The van der Waals surface area contributed by atoms with Crippen molar-refractivity contribution in [2.75, 3.05) is 0 Å². The minimum atomic E-state index is -0.141. The van der Waals surface area contributed by atoms with Crippen molar-refractivity contribution in [3.05, 3.63) is 53.3 Å². The first-order chi connectivity index (χ1) is 13.1. The second-order valence-electron chi connectivity index (χ2n) is 8.15. The van der Waals surface area contributed by atoms with Gasteiger partial charge < -0.3 is 5.11 Å². The molecular formula is C25H33FO. The number of phenols is 1. The third kappa shape index (κ3) is 4.91. The van der Waals surface area contributed by atoms with Crippen LogP contribution in [-0.4, -0.2) is 5.11 Å². The minimum absolute atomic E-state index is 0.141. The highest BCUT2D eigenvalue weighted by molar-refractivity contribution is 5.69. The monoisotopic (exact) mass is 368 g/mol. The summed E-state index contributed by atoms with van der Waals surface area (Å²) in [5, 5.41) is 9.69. The highest BCUT2D eigenvalue weighted by atomic mass is 19.1. The van der Waals surface area contributed by atoms with Crippen LogP contribution in [0.5, 0.6) is 5.75 Å². The normalized spacial score (nSPS) is 20.0. The number of benzene rings is 2. The van der Waals surface area contributed by atoms with E-state index in [1.807, 2.05) is 19.1 Å². The Balaban J connectivity index is 1.69. The molecule has 0 spiro atoms. The van der Waals surface area contributed by atoms with Crippen molar-refractivity contribution in [2.24, 2.45) is 5.92 Å². The molecule has 0 aliphatic heterocycles. The minimum Gasteiger partial charge on any atom is -0.508 e. The van der Waals surface area contributed by atoms with E-state index in [1.165, 1.54) is 51.4 Å². The van der Waals surface area contributed by atoms with Gasteiger partial charge in [0.15, 0.2) is 0 Å². The van der Waals surface area contributed by atoms with E-state index in [2.05, 4.69) is 13.0 Å². The largest absolute Gasteiger partial charge is 0.508 e. The van der Waals surface area contributed by atoms with Crippen molar-refractivity contribution in [1.29, 1.82) is 0 Å². The lowest BCUT2D eigenvalue weighted by Gasteiger charge is -2.29. The Morgan fingerprint density at radius 3 is 2.33 bits per heavy atom. The average molecular weight is 369 g/mol. The smallest absolute Gasteiger partial charge is 0.131 e. The van der Waals surface area contributed by atoms with Crippen LogP contribution in [0.3, 0.4) is 0 Å². The quantitative estimate of drug-likeness (QED) is 0.498. The van der Waals surface area contributed by atoms with Crippen LogP contribution in [0.1, 0.15) is 82.3 Å². The predicted molar refractivity (Wildman–Crippen MR) is 112 cm³/mol. The Labute approximate surface area is 163 Å². The maximum atomic E-state index is 14.9. The molecule has 0 saturated heterocycles. The molecule has 0 atom stereocenters. The zero-order chi connectivity index (χ0) is 19.2. The van der Waals surface area contributed by atoms with Gasteiger partial charge in [0.25, 0.3) is 0 Å². The molecule has 2 aromatic rings. The zero-order valence-corrected chi connectivity index (χ0v) is 16.8. The van der Waals surface area contributed by atoms with Gasteiger partial charge in [0.2, 0.25) is 0 Å². The SMILES string of the molecule is CCCCCC1CCC(c2ccc(-c3ccc(O)cc3CC)c(F)c2)CC1. The van der Waals surface area contributed by atoms with Crippen LogP contribution < -0.4 is 0 Å². The molecule has 27 heavy (non-hydrogen) atoms. The van der Waals surface area contributed by atoms with Gasteiger partial charge in [-0.25, -0.2) is 4.39 Å². The second kappa shape index (κ2) is 9.39. The third-order valence-electron chi connectivity index (χ3n) is 6.29. The van der Waals surface area contributed by atoms with E-state index < -0.39 is 0 Å². The molecule has 146 valence electrons. The zero-order valence-electron chi connectivity index (χ0n) is 16.8. The number of rotatable bonds is 7. The van der Waals surface area contributed by atoms with Gasteiger partial charge in [0.1, 0.15) is 11.6 Å². The molecule has 1 aliphatic carbocycles. The molecule has 2 heteroatoms. The van der Waals surface area contributed by atoms with Crippen LogP contribution in [0.4, 0.5) is 4.39 Å². The number of phenolic OH excluding ortho intramolecular Hbond substituents is 1. The Bertz CT molecular complexity index is 744. The summed E-state index contributed by atoms with van der Waals surface area (Å²) in [6.07, 6.45) is 11.1. The molecular weight excluding hydrogens is 335 g/mol. The summed E-state index contributed by atoms with van der Waals surface area (Å²) in [5.74, 6) is 1.48. The Hall–Kier alpha value is -1.83. The van der Waals surface area contributed by atoms with Gasteiger partial charge >= 0.3 is 0 Å². The summed E-state index contributed by atoms with van der Waals surface area (Å²) < 4.78 is 14.9. The average Bonchev–Trinajstić information content (AvgIpc) is 2.69. The number of hydrogen-bond donors (Lipinski definition) is 1. The molecule has 1 N–H and O–H groups in total. The Morgan fingerprint density at radius 1 is 0.926 bits per heavy atom. The molecule has 1 aliphatic rings. The summed E-state index contributed by atoms with van der Waals surface area (Å²) in [6.45, 7) is 4.29. The van der Waals surface area contributed by atoms with E-state index in [4.69, 9.17) is 0 Å². The molecule has 0 bridgehead atoms. The lowest BCUT2D eigenvalue weighted by Crippen LogP contribution is -2.13. The Kier molecular flexibility index (Phi) is 6.93. The molecule has 0 heterocycles. The molecule has 1 saturated carbocycles. The maximum Gasteiger partial charge on any atom is 0.131 e. The van der Waals surface area contributed by atoms with Gasteiger partial charge in [-0.1, -0.05) is 57.7 Å². The molecule has 0 amide bonds. The van der Waals surface area contributed by atoms with E-state index in [1.54, 1.807) is 18.2 Å². The summed E-state index contributed by atoms with van der Waals surface area (Å²) in [5.41, 5.74) is 3.66. The van der Waals surface area contributed by atoms with Gasteiger partial charge in [0, 0.05) is 5.56 Å². The van der Waals surface area contributed by atoms with Gasteiger partial charge in [-0.2, -0.15) is 0 Å². The van der Waals surface area contributed by atoms with Gasteiger partial charge in [-0.3, -0.25) is 0 Å². The van der Waals surface area contributed by atoms with Crippen LogP contribution in [-0.2, 0) is 6.42 Å². The van der Waals surface area contributed by atoms with Crippen molar-refractivity contribution in [1.82, 2.24) is 0 Å². The summed E-state index contributed by atoms with van der Waals surface area (Å²) in [6, 6.07) is 11.0. The van der Waals surface area contributed by atoms with Crippen LogP contribution in [0.15, 0.2) is 36.4 Å².